The highest BCUT2D eigenvalue weighted by Gasteiger charge is 2.09. The minimum Gasteiger partial charge on any atom is -0.383 e. The zero-order valence-corrected chi connectivity index (χ0v) is 12.0. The predicted molar refractivity (Wildman–Crippen MR) is 77.8 cm³/mol. The Bertz CT molecular complexity index is 589. The zero-order chi connectivity index (χ0) is 13.8. The van der Waals surface area contributed by atoms with Crippen LogP contribution in [0.3, 0.4) is 0 Å². The number of rotatable bonds is 4. The Balaban J connectivity index is 2.32. The molecule has 4 nitrogen and oxygen atoms in total. The van der Waals surface area contributed by atoms with Crippen molar-refractivity contribution in [1.82, 2.24) is 9.97 Å². The van der Waals surface area contributed by atoms with Crippen LogP contribution in [0.5, 0.6) is 0 Å². The average molecular weight is 325 g/mol. The van der Waals surface area contributed by atoms with Crippen LogP contribution in [0.1, 0.15) is 18.9 Å². The summed E-state index contributed by atoms with van der Waals surface area (Å²) < 4.78 is 13.9. The molecule has 0 aliphatic rings. The maximum absolute atomic E-state index is 13.5. The summed E-state index contributed by atoms with van der Waals surface area (Å²) in [5.41, 5.74) is 7.32. The van der Waals surface area contributed by atoms with Gasteiger partial charge >= 0.3 is 0 Å². The van der Waals surface area contributed by atoms with Gasteiger partial charge in [0.05, 0.1) is 4.47 Å². The molecule has 0 amide bonds. The molecule has 1 heterocycles. The summed E-state index contributed by atoms with van der Waals surface area (Å²) in [6.45, 7) is 2.05. The Kier molecular flexibility index (Phi) is 4.31. The molecule has 0 saturated heterocycles. The molecule has 0 saturated carbocycles. The van der Waals surface area contributed by atoms with Gasteiger partial charge in [-0.15, -0.1) is 0 Å². The molecule has 6 heteroatoms. The molecule has 1 aromatic heterocycles. The minimum absolute atomic E-state index is 0.330. The highest BCUT2D eigenvalue weighted by Crippen LogP contribution is 2.25. The maximum Gasteiger partial charge on any atom is 0.139 e. The zero-order valence-electron chi connectivity index (χ0n) is 10.5. The fourth-order valence-corrected chi connectivity index (χ4v) is 1.99. The van der Waals surface area contributed by atoms with Crippen LogP contribution in [0.2, 0.25) is 0 Å². The van der Waals surface area contributed by atoms with E-state index in [1.165, 1.54) is 12.4 Å². The van der Waals surface area contributed by atoms with Gasteiger partial charge in [-0.1, -0.05) is 13.3 Å². The lowest BCUT2D eigenvalue weighted by Gasteiger charge is -2.12. The fraction of sp³-hybridized carbons (Fsp3) is 0.231. The molecule has 2 aromatic rings. The van der Waals surface area contributed by atoms with Crippen molar-refractivity contribution in [2.24, 2.45) is 0 Å². The van der Waals surface area contributed by atoms with Crippen LogP contribution in [-0.4, -0.2) is 9.97 Å². The summed E-state index contributed by atoms with van der Waals surface area (Å²) in [6, 6.07) is 4.81. The van der Waals surface area contributed by atoms with Crippen molar-refractivity contribution in [3.05, 3.63) is 40.4 Å². The number of aromatic nitrogens is 2. The molecule has 0 bridgehead atoms. The molecule has 0 unspecified atom stereocenters. The van der Waals surface area contributed by atoms with Gasteiger partial charge < -0.3 is 11.1 Å². The highest BCUT2D eigenvalue weighted by molar-refractivity contribution is 9.10. The van der Waals surface area contributed by atoms with Gasteiger partial charge in [0, 0.05) is 11.3 Å². The molecule has 0 fully saturated rings. The van der Waals surface area contributed by atoms with E-state index in [-0.39, 0.29) is 5.82 Å². The third-order valence-corrected chi connectivity index (χ3v) is 3.30. The predicted octanol–water partition coefficient (Wildman–Crippen LogP) is 3.66. The van der Waals surface area contributed by atoms with Crippen LogP contribution in [0.4, 0.5) is 21.7 Å². The number of nitrogens with two attached hydrogens (primary N) is 1. The molecule has 2 rings (SSSR count). The largest absolute Gasteiger partial charge is 0.383 e. The van der Waals surface area contributed by atoms with Crippen molar-refractivity contribution >= 4 is 33.3 Å². The second kappa shape index (κ2) is 5.97. The van der Waals surface area contributed by atoms with E-state index in [1.54, 1.807) is 12.1 Å². The van der Waals surface area contributed by atoms with Gasteiger partial charge in [-0.05, 0) is 40.5 Å². The van der Waals surface area contributed by atoms with E-state index in [1.807, 2.05) is 0 Å². The van der Waals surface area contributed by atoms with Crippen molar-refractivity contribution in [2.45, 2.75) is 19.8 Å². The third-order valence-electron chi connectivity index (χ3n) is 2.66. The lowest BCUT2D eigenvalue weighted by atomic mass is 10.1. The number of hydrogen-bond acceptors (Lipinski definition) is 4. The van der Waals surface area contributed by atoms with Crippen molar-refractivity contribution in [3.8, 4) is 0 Å². The number of hydrogen-bond donors (Lipinski definition) is 2. The fourth-order valence-electron chi connectivity index (χ4n) is 1.74. The van der Waals surface area contributed by atoms with Gasteiger partial charge in [0.1, 0.15) is 23.8 Å². The summed E-state index contributed by atoms with van der Waals surface area (Å²) in [5, 5.41) is 3.07. The minimum atomic E-state index is -0.330. The lowest BCUT2D eigenvalue weighted by Crippen LogP contribution is -2.05. The van der Waals surface area contributed by atoms with E-state index in [9.17, 15) is 4.39 Å². The van der Waals surface area contributed by atoms with Crippen LogP contribution in [0, 0.1) is 5.82 Å². The Morgan fingerprint density at radius 1 is 1.37 bits per heavy atom. The van der Waals surface area contributed by atoms with E-state index in [4.69, 9.17) is 5.73 Å². The number of nitrogens with zero attached hydrogens (tertiary/aromatic N) is 2. The second-order valence-electron chi connectivity index (χ2n) is 4.09. The van der Waals surface area contributed by atoms with E-state index >= 15 is 0 Å². The van der Waals surface area contributed by atoms with Crippen molar-refractivity contribution < 1.29 is 4.39 Å². The van der Waals surface area contributed by atoms with Crippen LogP contribution >= 0.6 is 15.9 Å². The first-order valence-electron chi connectivity index (χ1n) is 5.93. The number of halogens is 2. The molecule has 3 N–H and O–H groups in total. The van der Waals surface area contributed by atoms with E-state index in [2.05, 4.69) is 38.1 Å². The SMILES string of the molecule is CCCc1c(N)ncnc1Nc1ccc(Br)c(F)c1. The molecular weight excluding hydrogens is 311 g/mol. The Morgan fingerprint density at radius 3 is 2.84 bits per heavy atom. The monoisotopic (exact) mass is 324 g/mol. The van der Waals surface area contributed by atoms with Crippen molar-refractivity contribution in [1.29, 1.82) is 0 Å². The third kappa shape index (κ3) is 3.20. The van der Waals surface area contributed by atoms with E-state index in [0.29, 0.717) is 21.8 Å². The van der Waals surface area contributed by atoms with Gasteiger partial charge in [-0.3, -0.25) is 0 Å². The molecule has 100 valence electrons. The molecule has 0 aliphatic heterocycles. The number of nitrogen functional groups attached to an aromatic ring is 1. The molecular formula is C13H14BrFN4. The molecule has 0 radical (unpaired) electrons. The van der Waals surface area contributed by atoms with E-state index in [0.717, 1.165) is 18.4 Å². The van der Waals surface area contributed by atoms with Crippen LogP contribution in [0.25, 0.3) is 0 Å². The second-order valence-corrected chi connectivity index (χ2v) is 4.94. The highest BCUT2D eigenvalue weighted by atomic mass is 79.9. The maximum atomic E-state index is 13.5. The molecule has 1 aromatic carbocycles. The first-order valence-corrected chi connectivity index (χ1v) is 6.72. The first-order chi connectivity index (χ1) is 9.11. The quantitative estimate of drug-likeness (QED) is 0.900. The summed E-state index contributed by atoms with van der Waals surface area (Å²) >= 11 is 3.12. The Hall–Kier alpha value is -1.69. The standard InChI is InChI=1S/C13H14BrFN4/c1-2-3-9-12(16)17-7-18-13(9)19-8-4-5-10(14)11(15)6-8/h4-7H,2-3H2,1H3,(H3,16,17,18,19). The summed E-state index contributed by atoms with van der Waals surface area (Å²) in [6.07, 6.45) is 3.10. The van der Waals surface area contributed by atoms with Gasteiger partial charge in [0.25, 0.3) is 0 Å². The molecule has 0 spiro atoms. The average Bonchev–Trinajstić information content (AvgIpc) is 2.38. The van der Waals surface area contributed by atoms with Gasteiger partial charge in [-0.25, -0.2) is 14.4 Å². The topological polar surface area (TPSA) is 63.8 Å². The van der Waals surface area contributed by atoms with Crippen LogP contribution in [0.15, 0.2) is 29.0 Å². The Labute approximate surface area is 119 Å². The van der Waals surface area contributed by atoms with Gasteiger partial charge in [0.15, 0.2) is 0 Å². The summed E-state index contributed by atoms with van der Waals surface area (Å²) in [5.74, 6) is 0.747. The van der Waals surface area contributed by atoms with Gasteiger partial charge in [0.2, 0.25) is 0 Å². The first kappa shape index (κ1) is 13.7. The number of anilines is 3. The van der Waals surface area contributed by atoms with Crippen molar-refractivity contribution in [2.75, 3.05) is 11.1 Å². The van der Waals surface area contributed by atoms with Crippen LogP contribution < -0.4 is 11.1 Å². The number of benzene rings is 1. The smallest absolute Gasteiger partial charge is 0.139 e. The summed E-state index contributed by atoms with van der Waals surface area (Å²) in [7, 11) is 0. The van der Waals surface area contributed by atoms with Crippen LogP contribution in [-0.2, 0) is 6.42 Å². The number of nitrogens with one attached hydrogen (secondary N) is 1. The summed E-state index contributed by atoms with van der Waals surface area (Å²) in [4.78, 5) is 8.15. The molecule has 0 atom stereocenters. The lowest BCUT2D eigenvalue weighted by molar-refractivity contribution is 0.622. The normalized spacial score (nSPS) is 10.5. The molecule has 19 heavy (non-hydrogen) atoms. The molecule has 0 aliphatic carbocycles. The van der Waals surface area contributed by atoms with Crippen molar-refractivity contribution in [3.63, 3.8) is 0 Å². The van der Waals surface area contributed by atoms with Gasteiger partial charge in [-0.2, -0.15) is 0 Å². The Morgan fingerprint density at radius 2 is 2.16 bits per heavy atom. The van der Waals surface area contributed by atoms with E-state index < -0.39 is 0 Å².